The van der Waals surface area contributed by atoms with Crippen molar-refractivity contribution < 1.29 is 19.8 Å². The molecule has 0 radical (unpaired) electrons. The number of β-amino-alcohol motifs (C(OH)–C–C–N with tert-alkyl or cyclic N) is 2. The minimum absolute atomic E-state index is 0.127. The molecule has 0 unspecified atom stereocenters. The predicted molar refractivity (Wildman–Crippen MR) is 104 cm³/mol. The fourth-order valence-corrected chi connectivity index (χ4v) is 3.11. The van der Waals surface area contributed by atoms with Crippen LogP contribution in [0.2, 0.25) is 0 Å². The lowest BCUT2D eigenvalue weighted by Crippen LogP contribution is -2.31. The summed E-state index contributed by atoms with van der Waals surface area (Å²) in [5.74, 6) is -0.286. The molecule has 2 aromatic carbocycles. The molecule has 3 rings (SSSR count). The van der Waals surface area contributed by atoms with E-state index in [9.17, 15) is 19.8 Å². The number of nitrogens with two attached hydrogens (primary N) is 1. The molecule has 2 atom stereocenters. The summed E-state index contributed by atoms with van der Waals surface area (Å²) in [5, 5.41) is 22.0. The van der Waals surface area contributed by atoms with E-state index in [1.165, 1.54) is 4.90 Å². The summed E-state index contributed by atoms with van der Waals surface area (Å²) in [4.78, 5) is 25.9. The van der Waals surface area contributed by atoms with Crippen molar-refractivity contribution in [3.63, 3.8) is 0 Å². The van der Waals surface area contributed by atoms with Crippen LogP contribution in [0.15, 0.2) is 48.5 Å². The van der Waals surface area contributed by atoms with Crippen molar-refractivity contribution in [3.8, 4) is 0 Å². The van der Waals surface area contributed by atoms with Gasteiger partial charge in [0.25, 0.3) is 5.91 Å². The number of rotatable bonds is 6. The summed E-state index contributed by atoms with van der Waals surface area (Å²) in [6.07, 6.45) is -1.54. The quantitative estimate of drug-likeness (QED) is 0.568. The van der Waals surface area contributed by atoms with Crippen molar-refractivity contribution in [3.05, 3.63) is 70.8 Å². The van der Waals surface area contributed by atoms with Crippen LogP contribution in [0.4, 0.5) is 0 Å². The maximum absolute atomic E-state index is 12.2. The lowest BCUT2D eigenvalue weighted by atomic mass is 10.1. The summed E-state index contributed by atoms with van der Waals surface area (Å²) in [7, 11) is 0. The summed E-state index contributed by atoms with van der Waals surface area (Å²) in [6, 6.07) is 14.6. The van der Waals surface area contributed by atoms with Crippen LogP contribution in [0.1, 0.15) is 27.0 Å². The lowest BCUT2D eigenvalue weighted by molar-refractivity contribution is -0.129. The van der Waals surface area contributed by atoms with Gasteiger partial charge in [0.1, 0.15) is 0 Å². The smallest absolute Gasteiger partial charge is 0.251 e. The Morgan fingerprint density at radius 2 is 1.46 bits per heavy atom. The van der Waals surface area contributed by atoms with E-state index in [4.69, 9.17) is 5.73 Å². The molecule has 148 valence electrons. The fourth-order valence-electron chi connectivity index (χ4n) is 3.11. The summed E-state index contributed by atoms with van der Waals surface area (Å²) >= 11 is 0. The first-order valence-electron chi connectivity index (χ1n) is 9.25. The number of benzene rings is 2. The Labute approximate surface area is 163 Å². The number of aliphatic hydroxyl groups is 2. The summed E-state index contributed by atoms with van der Waals surface area (Å²) < 4.78 is 0. The van der Waals surface area contributed by atoms with E-state index < -0.39 is 12.2 Å². The van der Waals surface area contributed by atoms with E-state index in [-0.39, 0.29) is 31.3 Å². The molecule has 0 bridgehead atoms. The van der Waals surface area contributed by atoms with Crippen LogP contribution in [0.3, 0.4) is 0 Å². The number of likely N-dealkylation sites (tertiary alicyclic amines) is 1. The van der Waals surface area contributed by atoms with Gasteiger partial charge in [0, 0.05) is 31.7 Å². The van der Waals surface area contributed by atoms with Gasteiger partial charge in [-0.25, -0.2) is 0 Å². The zero-order valence-corrected chi connectivity index (χ0v) is 15.5. The Bertz CT molecular complexity index is 811. The first-order valence-corrected chi connectivity index (χ1v) is 9.25. The fraction of sp³-hybridized carbons (Fsp3) is 0.333. The standard InChI is InChI=1S/C21H25N3O4/c22-10-15-5-7-17(8-6-15)21(28)23-11-16-3-1-14(2-4-16)9-20(27)24-12-18(25)19(26)13-24/h1-8,18-19,25-26H,9-13,22H2,(H,23,28)/t18-,19-/m0/s1. The average molecular weight is 383 g/mol. The van der Waals surface area contributed by atoms with Gasteiger partial charge in [-0.05, 0) is 28.8 Å². The van der Waals surface area contributed by atoms with Crippen LogP contribution in [-0.4, -0.2) is 52.2 Å². The molecule has 1 aliphatic heterocycles. The van der Waals surface area contributed by atoms with Crippen molar-refractivity contribution in [1.82, 2.24) is 10.2 Å². The van der Waals surface area contributed by atoms with Gasteiger partial charge < -0.3 is 26.2 Å². The topological polar surface area (TPSA) is 116 Å². The molecular weight excluding hydrogens is 358 g/mol. The number of hydrogen-bond donors (Lipinski definition) is 4. The number of amides is 2. The molecule has 28 heavy (non-hydrogen) atoms. The minimum atomic E-state index is -0.874. The lowest BCUT2D eigenvalue weighted by Gasteiger charge is -2.15. The number of nitrogens with zero attached hydrogens (tertiary/aromatic N) is 1. The van der Waals surface area contributed by atoms with Crippen molar-refractivity contribution >= 4 is 11.8 Å². The molecule has 7 heteroatoms. The van der Waals surface area contributed by atoms with Crippen molar-refractivity contribution in [2.24, 2.45) is 5.73 Å². The molecule has 1 heterocycles. The third kappa shape index (κ3) is 4.95. The van der Waals surface area contributed by atoms with E-state index in [0.717, 1.165) is 16.7 Å². The Kier molecular flexibility index (Phi) is 6.41. The highest BCUT2D eigenvalue weighted by atomic mass is 16.3. The first-order chi connectivity index (χ1) is 13.5. The van der Waals surface area contributed by atoms with Gasteiger partial charge in [-0.1, -0.05) is 36.4 Å². The zero-order valence-electron chi connectivity index (χ0n) is 15.5. The predicted octanol–water partition coefficient (Wildman–Crippen LogP) is 0.182. The molecular formula is C21H25N3O4. The maximum Gasteiger partial charge on any atom is 0.251 e. The van der Waals surface area contributed by atoms with Crippen molar-refractivity contribution in [1.29, 1.82) is 0 Å². The van der Waals surface area contributed by atoms with Crippen molar-refractivity contribution in [2.45, 2.75) is 31.7 Å². The first kappa shape index (κ1) is 20.0. The third-order valence-electron chi connectivity index (χ3n) is 4.89. The number of hydrogen-bond acceptors (Lipinski definition) is 5. The molecule has 2 amide bonds. The van der Waals surface area contributed by atoms with Crippen molar-refractivity contribution in [2.75, 3.05) is 13.1 Å². The van der Waals surface area contributed by atoms with Gasteiger partial charge >= 0.3 is 0 Å². The van der Waals surface area contributed by atoms with E-state index in [1.54, 1.807) is 12.1 Å². The van der Waals surface area contributed by atoms with E-state index in [1.807, 2.05) is 36.4 Å². The SMILES string of the molecule is NCc1ccc(C(=O)NCc2ccc(CC(=O)N3C[C@H](O)[C@@H](O)C3)cc2)cc1. The second-order valence-electron chi connectivity index (χ2n) is 7.01. The Morgan fingerprint density at radius 3 is 2.04 bits per heavy atom. The second kappa shape index (κ2) is 8.97. The molecule has 0 aromatic heterocycles. The van der Waals surface area contributed by atoms with Crippen LogP contribution in [0.5, 0.6) is 0 Å². The molecule has 1 saturated heterocycles. The molecule has 1 fully saturated rings. The summed E-state index contributed by atoms with van der Waals surface area (Å²) in [6.45, 7) is 1.15. The Morgan fingerprint density at radius 1 is 0.929 bits per heavy atom. The zero-order chi connectivity index (χ0) is 20.1. The maximum atomic E-state index is 12.2. The Balaban J connectivity index is 1.50. The molecule has 2 aromatic rings. The van der Waals surface area contributed by atoms with E-state index in [2.05, 4.69) is 5.32 Å². The molecule has 0 aliphatic carbocycles. The van der Waals surface area contributed by atoms with Crippen LogP contribution < -0.4 is 11.1 Å². The highest BCUT2D eigenvalue weighted by Gasteiger charge is 2.32. The van der Waals surface area contributed by atoms with Gasteiger partial charge in [-0.2, -0.15) is 0 Å². The average Bonchev–Trinajstić information content (AvgIpc) is 3.06. The molecule has 5 N–H and O–H groups in total. The van der Waals surface area contributed by atoms with Gasteiger partial charge in [0.2, 0.25) is 5.91 Å². The molecule has 1 aliphatic rings. The van der Waals surface area contributed by atoms with Crippen LogP contribution in [0.25, 0.3) is 0 Å². The largest absolute Gasteiger partial charge is 0.388 e. The van der Waals surface area contributed by atoms with Crippen LogP contribution in [-0.2, 0) is 24.3 Å². The van der Waals surface area contributed by atoms with Gasteiger partial charge in [-0.15, -0.1) is 0 Å². The second-order valence-corrected chi connectivity index (χ2v) is 7.01. The minimum Gasteiger partial charge on any atom is -0.388 e. The highest BCUT2D eigenvalue weighted by Crippen LogP contribution is 2.13. The monoisotopic (exact) mass is 383 g/mol. The van der Waals surface area contributed by atoms with E-state index in [0.29, 0.717) is 18.7 Å². The van der Waals surface area contributed by atoms with Gasteiger partial charge in [0.15, 0.2) is 0 Å². The summed E-state index contributed by atoms with van der Waals surface area (Å²) in [5.41, 5.74) is 8.87. The van der Waals surface area contributed by atoms with Crippen LogP contribution >= 0.6 is 0 Å². The molecule has 0 spiro atoms. The van der Waals surface area contributed by atoms with Crippen LogP contribution in [0, 0.1) is 0 Å². The number of carbonyl (C=O) groups excluding carboxylic acids is 2. The number of aliphatic hydroxyl groups excluding tert-OH is 2. The number of nitrogens with one attached hydrogen (secondary N) is 1. The Hall–Kier alpha value is -2.74. The highest BCUT2D eigenvalue weighted by molar-refractivity contribution is 5.94. The molecule has 7 nitrogen and oxygen atoms in total. The normalized spacial score (nSPS) is 18.9. The van der Waals surface area contributed by atoms with Gasteiger partial charge in [0.05, 0.1) is 18.6 Å². The van der Waals surface area contributed by atoms with Gasteiger partial charge in [-0.3, -0.25) is 9.59 Å². The third-order valence-corrected chi connectivity index (χ3v) is 4.89. The van der Waals surface area contributed by atoms with E-state index >= 15 is 0 Å². The molecule has 0 saturated carbocycles. The number of carbonyl (C=O) groups is 2.